The van der Waals surface area contributed by atoms with Crippen molar-refractivity contribution in [3.63, 3.8) is 0 Å². The monoisotopic (exact) mass is 390 g/mol. The Hall–Kier alpha value is -0.920. The largest absolute Gasteiger partial charge is 0.478 e. The van der Waals surface area contributed by atoms with Crippen LogP contribution < -0.4 is 5.32 Å². The summed E-state index contributed by atoms with van der Waals surface area (Å²) in [5.41, 5.74) is 0.153. The van der Waals surface area contributed by atoms with Crippen molar-refractivity contribution in [3.05, 3.63) is 43.1 Å². The van der Waals surface area contributed by atoms with Crippen LogP contribution in [0.3, 0.4) is 0 Å². The number of hydrogen-bond donors (Lipinski definition) is 2. The second-order valence-electron chi connectivity index (χ2n) is 3.44. The number of aromatic nitrogens is 1. The second kappa shape index (κ2) is 5.81. The Bertz CT molecular complexity index is 586. The van der Waals surface area contributed by atoms with Crippen LogP contribution in [0.2, 0.25) is 0 Å². The predicted octanol–water partition coefficient (Wildman–Crippen LogP) is 3.98. The molecule has 0 amide bonds. The zero-order valence-electron chi connectivity index (χ0n) is 8.98. The van der Waals surface area contributed by atoms with Crippen LogP contribution in [0.1, 0.15) is 15.2 Å². The summed E-state index contributed by atoms with van der Waals surface area (Å²) in [6, 6.07) is 3.51. The minimum atomic E-state index is -1.00. The fraction of sp³-hybridized carbons (Fsp3) is 0.0909. The molecule has 0 saturated heterocycles. The van der Waals surface area contributed by atoms with Gasteiger partial charge in [0.15, 0.2) is 0 Å². The van der Waals surface area contributed by atoms with Crippen molar-refractivity contribution in [2.24, 2.45) is 0 Å². The molecule has 2 rings (SSSR count). The molecule has 7 heteroatoms. The first-order valence-corrected chi connectivity index (χ1v) is 7.38. The number of rotatable bonds is 4. The molecule has 0 radical (unpaired) electrons. The molecule has 2 heterocycles. The van der Waals surface area contributed by atoms with Crippen LogP contribution in [0.25, 0.3) is 0 Å². The van der Waals surface area contributed by atoms with Crippen molar-refractivity contribution in [2.75, 3.05) is 5.32 Å². The first-order valence-electron chi connectivity index (χ1n) is 4.92. The summed E-state index contributed by atoms with van der Waals surface area (Å²) in [5.74, 6) is -0.631. The van der Waals surface area contributed by atoms with E-state index in [-0.39, 0.29) is 5.56 Å². The first kappa shape index (κ1) is 13.5. The number of pyridine rings is 1. The first-order chi connectivity index (χ1) is 8.56. The van der Waals surface area contributed by atoms with E-state index in [1.165, 1.54) is 6.07 Å². The molecule has 18 heavy (non-hydrogen) atoms. The van der Waals surface area contributed by atoms with Gasteiger partial charge in [0.25, 0.3) is 0 Å². The number of carbonyl (C=O) groups is 1. The maximum absolute atomic E-state index is 11.1. The van der Waals surface area contributed by atoms with E-state index in [4.69, 9.17) is 5.11 Å². The minimum Gasteiger partial charge on any atom is -0.478 e. The molecule has 0 aliphatic carbocycles. The van der Waals surface area contributed by atoms with E-state index in [0.29, 0.717) is 16.8 Å². The summed E-state index contributed by atoms with van der Waals surface area (Å²) >= 11 is 8.17. The number of aromatic carboxylic acids is 1. The molecule has 0 bridgehead atoms. The van der Waals surface area contributed by atoms with Crippen molar-refractivity contribution >= 4 is 55.0 Å². The molecule has 0 atom stereocenters. The van der Waals surface area contributed by atoms with Gasteiger partial charge in [-0.1, -0.05) is 0 Å². The van der Waals surface area contributed by atoms with E-state index < -0.39 is 5.97 Å². The zero-order valence-corrected chi connectivity index (χ0v) is 13.0. The highest BCUT2D eigenvalue weighted by atomic mass is 79.9. The van der Waals surface area contributed by atoms with Gasteiger partial charge in [0, 0.05) is 25.4 Å². The quantitative estimate of drug-likeness (QED) is 0.827. The van der Waals surface area contributed by atoms with Gasteiger partial charge >= 0.3 is 5.97 Å². The average molecular weight is 392 g/mol. The topological polar surface area (TPSA) is 62.2 Å². The highest BCUT2D eigenvalue weighted by Gasteiger charge is 2.12. The summed E-state index contributed by atoms with van der Waals surface area (Å²) in [6.45, 7) is 0.547. The normalized spacial score (nSPS) is 10.3. The van der Waals surface area contributed by atoms with Crippen LogP contribution in [0, 0.1) is 0 Å². The molecule has 0 spiro atoms. The Kier molecular flexibility index (Phi) is 4.36. The van der Waals surface area contributed by atoms with Gasteiger partial charge in [-0.3, -0.25) is 0 Å². The van der Waals surface area contributed by atoms with Gasteiger partial charge in [0.1, 0.15) is 11.4 Å². The third-order valence-electron chi connectivity index (χ3n) is 2.14. The maximum Gasteiger partial charge on any atom is 0.339 e. The SMILES string of the molecule is O=C(O)c1cc(Br)cnc1NCc1cc(Br)cs1. The Labute approximate surface area is 124 Å². The van der Waals surface area contributed by atoms with Crippen LogP contribution in [-0.4, -0.2) is 16.1 Å². The summed E-state index contributed by atoms with van der Waals surface area (Å²) in [7, 11) is 0. The lowest BCUT2D eigenvalue weighted by Gasteiger charge is -2.07. The van der Waals surface area contributed by atoms with Crippen molar-refractivity contribution in [1.29, 1.82) is 0 Å². The van der Waals surface area contributed by atoms with E-state index in [1.807, 2.05) is 11.4 Å². The molecule has 0 aliphatic heterocycles. The number of nitrogens with zero attached hydrogens (tertiary/aromatic N) is 1. The number of carboxylic acid groups (broad SMARTS) is 1. The van der Waals surface area contributed by atoms with Crippen molar-refractivity contribution in [1.82, 2.24) is 4.98 Å². The second-order valence-corrected chi connectivity index (χ2v) is 6.27. The zero-order chi connectivity index (χ0) is 13.1. The standard InChI is InChI=1S/C11H8Br2N2O2S/c12-6-2-9(11(16)17)10(14-3-6)15-4-8-1-7(13)5-18-8/h1-3,5H,4H2,(H,14,15)(H,16,17). The lowest BCUT2D eigenvalue weighted by molar-refractivity contribution is 0.0697. The van der Waals surface area contributed by atoms with Crippen LogP contribution in [0.15, 0.2) is 32.7 Å². The number of anilines is 1. The lowest BCUT2D eigenvalue weighted by atomic mass is 10.2. The number of thiophene rings is 1. The molecule has 2 aromatic rings. The van der Waals surface area contributed by atoms with E-state index in [0.717, 1.165) is 9.35 Å². The Morgan fingerprint density at radius 2 is 2.17 bits per heavy atom. The molecule has 2 aromatic heterocycles. The Morgan fingerprint density at radius 1 is 1.39 bits per heavy atom. The maximum atomic E-state index is 11.1. The van der Waals surface area contributed by atoms with Crippen LogP contribution in [0.5, 0.6) is 0 Å². The number of nitrogens with one attached hydrogen (secondary N) is 1. The molecule has 0 fully saturated rings. The van der Waals surface area contributed by atoms with E-state index in [9.17, 15) is 4.79 Å². The fourth-order valence-corrected chi connectivity index (χ4v) is 3.08. The number of hydrogen-bond acceptors (Lipinski definition) is 4. The molecule has 0 saturated carbocycles. The lowest BCUT2D eigenvalue weighted by Crippen LogP contribution is -2.07. The third-order valence-corrected chi connectivity index (χ3v) is 4.27. The Balaban J connectivity index is 2.16. The van der Waals surface area contributed by atoms with Gasteiger partial charge in [-0.25, -0.2) is 9.78 Å². The molecule has 0 aromatic carbocycles. The number of halogens is 2. The fourth-order valence-electron chi connectivity index (χ4n) is 1.36. The summed E-state index contributed by atoms with van der Waals surface area (Å²) in [6.07, 6.45) is 1.57. The van der Waals surface area contributed by atoms with Crippen molar-refractivity contribution in [3.8, 4) is 0 Å². The van der Waals surface area contributed by atoms with E-state index in [1.54, 1.807) is 17.5 Å². The molecular formula is C11H8Br2N2O2S. The van der Waals surface area contributed by atoms with Gasteiger partial charge in [-0.15, -0.1) is 11.3 Å². The van der Waals surface area contributed by atoms with Gasteiger partial charge in [0.05, 0.1) is 6.54 Å². The molecule has 94 valence electrons. The van der Waals surface area contributed by atoms with Gasteiger partial charge in [0.2, 0.25) is 0 Å². The highest BCUT2D eigenvalue weighted by molar-refractivity contribution is 9.10. The molecule has 2 N–H and O–H groups in total. The van der Waals surface area contributed by atoms with E-state index in [2.05, 4.69) is 42.2 Å². The van der Waals surface area contributed by atoms with Gasteiger partial charge in [-0.05, 0) is 44.0 Å². The molecule has 4 nitrogen and oxygen atoms in total. The van der Waals surface area contributed by atoms with Crippen LogP contribution in [-0.2, 0) is 6.54 Å². The van der Waals surface area contributed by atoms with Gasteiger partial charge < -0.3 is 10.4 Å². The third kappa shape index (κ3) is 3.30. The van der Waals surface area contributed by atoms with Crippen LogP contribution in [0.4, 0.5) is 5.82 Å². The highest BCUT2D eigenvalue weighted by Crippen LogP contribution is 2.22. The summed E-state index contributed by atoms with van der Waals surface area (Å²) in [5, 5.41) is 14.1. The summed E-state index contributed by atoms with van der Waals surface area (Å²) in [4.78, 5) is 16.3. The number of carboxylic acids is 1. The predicted molar refractivity (Wildman–Crippen MR) is 78.2 cm³/mol. The van der Waals surface area contributed by atoms with Crippen molar-refractivity contribution in [2.45, 2.75) is 6.54 Å². The molecular weight excluding hydrogens is 384 g/mol. The van der Waals surface area contributed by atoms with Crippen molar-refractivity contribution < 1.29 is 9.90 Å². The smallest absolute Gasteiger partial charge is 0.339 e. The summed E-state index contributed by atoms with van der Waals surface area (Å²) < 4.78 is 1.66. The molecule has 0 aliphatic rings. The average Bonchev–Trinajstić information content (AvgIpc) is 2.73. The molecule has 0 unspecified atom stereocenters. The van der Waals surface area contributed by atoms with Gasteiger partial charge in [-0.2, -0.15) is 0 Å². The minimum absolute atomic E-state index is 0.153. The van der Waals surface area contributed by atoms with Crippen LogP contribution >= 0.6 is 43.2 Å². The Morgan fingerprint density at radius 3 is 2.78 bits per heavy atom. The van der Waals surface area contributed by atoms with E-state index >= 15 is 0 Å².